The first-order chi connectivity index (χ1) is 8.21. The van der Waals surface area contributed by atoms with Crippen LogP contribution < -0.4 is 5.32 Å². The predicted octanol–water partition coefficient (Wildman–Crippen LogP) is 4.23. The van der Waals surface area contributed by atoms with Crippen molar-refractivity contribution in [2.24, 2.45) is 17.3 Å². The van der Waals surface area contributed by atoms with Crippen LogP contribution in [0.15, 0.2) is 17.5 Å². The third-order valence-electron chi connectivity index (χ3n) is 4.73. The fourth-order valence-electron chi connectivity index (χ4n) is 2.83. The first-order valence-electron chi connectivity index (χ1n) is 6.98. The molecular formula is C15H23NS. The lowest BCUT2D eigenvalue weighted by Crippen LogP contribution is -2.31. The molecule has 2 heteroatoms. The van der Waals surface area contributed by atoms with Gasteiger partial charge in [-0.1, -0.05) is 19.9 Å². The van der Waals surface area contributed by atoms with Gasteiger partial charge in [-0.05, 0) is 54.4 Å². The maximum absolute atomic E-state index is 3.88. The lowest BCUT2D eigenvalue weighted by Gasteiger charge is -2.24. The van der Waals surface area contributed by atoms with E-state index in [0.717, 1.165) is 11.8 Å². The van der Waals surface area contributed by atoms with Crippen LogP contribution in [-0.2, 0) is 0 Å². The molecule has 0 aromatic carbocycles. The summed E-state index contributed by atoms with van der Waals surface area (Å²) in [6.07, 6.45) is 5.70. The molecule has 0 aliphatic heterocycles. The highest BCUT2D eigenvalue weighted by atomic mass is 32.1. The Balaban J connectivity index is 1.62. The van der Waals surface area contributed by atoms with Gasteiger partial charge in [-0.15, -0.1) is 11.3 Å². The number of thiophene rings is 1. The summed E-state index contributed by atoms with van der Waals surface area (Å²) in [5, 5.41) is 6.09. The molecule has 2 saturated carbocycles. The Bertz CT molecular complexity index is 360. The fraction of sp³-hybridized carbons (Fsp3) is 0.733. The molecule has 1 atom stereocenters. The van der Waals surface area contributed by atoms with Crippen molar-refractivity contribution < 1.29 is 0 Å². The molecule has 0 saturated heterocycles. The molecule has 17 heavy (non-hydrogen) atoms. The van der Waals surface area contributed by atoms with Gasteiger partial charge in [-0.3, -0.25) is 0 Å². The summed E-state index contributed by atoms with van der Waals surface area (Å²) in [6, 6.07) is 5.13. The fourth-order valence-corrected chi connectivity index (χ4v) is 3.72. The maximum Gasteiger partial charge on any atom is 0.0443 e. The summed E-state index contributed by atoms with van der Waals surface area (Å²) >= 11 is 1.92. The van der Waals surface area contributed by atoms with Gasteiger partial charge in [0.15, 0.2) is 0 Å². The van der Waals surface area contributed by atoms with Gasteiger partial charge in [0.25, 0.3) is 0 Å². The van der Waals surface area contributed by atoms with E-state index in [0.29, 0.717) is 11.5 Å². The SMILES string of the molecule is CC(C)C1(CNC(c2cccs2)C2CC2)CC1. The molecule has 2 aliphatic rings. The van der Waals surface area contributed by atoms with E-state index in [1.54, 1.807) is 4.88 Å². The topological polar surface area (TPSA) is 12.0 Å². The summed E-state index contributed by atoms with van der Waals surface area (Å²) < 4.78 is 0. The van der Waals surface area contributed by atoms with E-state index in [-0.39, 0.29) is 0 Å². The predicted molar refractivity (Wildman–Crippen MR) is 74.3 cm³/mol. The van der Waals surface area contributed by atoms with E-state index < -0.39 is 0 Å². The highest BCUT2D eigenvalue weighted by Gasteiger charge is 2.46. The minimum atomic E-state index is 0.629. The van der Waals surface area contributed by atoms with Crippen molar-refractivity contribution in [2.45, 2.75) is 45.6 Å². The zero-order valence-electron chi connectivity index (χ0n) is 10.9. The number of hydrogen-bond acceptors (Lipinski definition) is 2. The average molecular weight is 249 g/mol. The largest absolute Gasteiger partial charge is 0.308 e. The molecule has 0 bridgehead atoms. The van der Waals surface area contributed by atoms with E-state index in [2.05, 4.69) is 36.7 Å². The molecular weight excluding hydrogens is 226 g/mol. The van der Waals surface area contributed by atoms with Crippen LogP contribution in [0.1, 0.15) is 50.4 Å². The molecule has 94 valence electrons. The molecule has 1 heterocycles. The number of rotatable bonds is 6. The first kappa shape index (κ1) is 11.7. The molecule has 1 nitrogen and oxygen atoms in total. The van der Waals surface area contributed by atoms with Crippen LogP contribution in [0.25, 0.3) is 0 Å². The minimum Gasteiger partial charge on any atom is -0.308 e. The van der Waals surface area contributed by atoms with E-state index in [1.165, 1.54) is 32.2 Å². The maximum atomic E-state index is 3.88. The Hall–Kier alpha value is -0.340. The van der Waals surface area contributed by atoms with Crippen LogP contribution in [0, 0.1) is 17.3 Å². The highest BCUT2D eigenvalue weighted by molar-refractivity contribution is 7.10. The van der Waals surface area contributed by atoms with E-state index in [4.69, 9.17) is 0 Å². The Morgan fingerprint density at radius 1 is 1.41 bits per heavy atom. The molecule has 1 N–H and O–H groups in total. The van der Waals surface area contributed by atoms with Crippen molar-refractivity contribution in [3.8, 4) is 0 Å². The van der Waals surface area contributed by atoms with Crippen molar-refractivity contribution in [1.29, 1.82) is 0 Å². The third-order valence-corrected chi connectivity index (χ3v) is 5.69. The Kier molecular flexibility index (Phi) is 3.04. The summed E-state index contributed by atoms with van der Waals surface area (Å²) in [5.74, 6) is 1.75. The van der Waals surface area contributed by atoms with Gasteiger partial charge in [0, 0.05) is 17.5 Å². The van der Waals surface area contributed by atoms with Gasteiger partial charge in [0.05, 0.1) is 0 Å². The summed E-state index contributed by atoms with van der Waals surface area (Å²) in [4.78, 5) is 1.55. The van der Waals surface area contributed by atoms with Crippen molar-refractivity contribution in [3.63, 3.8) is 0 Å². The zero-order chi connectivity index (χ0) is 11.9. The van der Waals surface area contributed by atoms with Gasteiger partial charge in [-0.2, -0.15) is 0 Å². The lowest BCUT2D eigenvalue weighted by atomic mass is 9.92. The number of nitrogens with one attached hydrogen (secondary N) is 1. The van der Waals surface area contributed by atoms with E-state index in [9.17, 15) is 0 Å². The quantitative estimate of drug-likeness (QED) is 0.795. The van der Waals surface area contributed by atoms with Gasteiger partial charge in [0.2, 0.25) is 0 Å². The zero-order valence-corrected chi connectivity index (χ0v) is 11.7. The van der Waals surface area contributed by atoms with Crippen LogP contribution in [-0.4, -0.2) is 6.54 Å². The number of hydrogen-bond donors (Lipinski definition) is 1. The Morgan fingerprint density at radius 2 is 2.18 bits per heavy atom. The molecule has 1 aromatic heterocycles. The smallest absolute Gasteiger partial charge is 0.0443 e. The molecule has 0 amide bonds. The van der Waals surface area contributed by atoms with Crippen LogP contribution in [0.3, 0.4) is 0 Å². The van der Waals surface area contributed by atoms with Crippen molar-refractivity contribution in [1.82, 2.24) is 5.32 Å². The van der Waals surface area contributed by atoms with Crippen LogP contribution in [0.2, 0.25) is 0 Å². The summed E-state index contributed by atoms with van der Waals surface area (Å²) in [6.45, 7) is 5.99. The second-order valence-electron chi connectivity index (χ2n) is 6.23. The molecule has 2 fully saturated rings. The van der Waals surface area contributed by atoms with Gasteiger partial charge < -0.3 is 5.32 Å². The van der Waals surface area contributed by atoms with E-state index >= 15 is 0 Å². The van der Waals surface area contributed by atoms with Crippen LogP contribution in [0.4, 0.5) is 0 Å². The van der Waals surface area contributed by atoms with Crippen LogP contribution >= 0.6 is 11.3 Å². The van der Waals surface area contributed by atoms with Crippen molar-refractivity contribution in [3.05, 3.63) is 22.4 Å². The highest BCUT2D eigenvalue weighted by Crippen LogP contribution is 2.52. The van der Waals surface area contributed by atoms with Crippen molar-refractivity contribution in [2.75, 3.05) is 6.54 Å². The first-order valence-corrected chi connectivity index (χ1v) is 7.86. The van der Waals surface area contributed by atoms with Crippen LogP contribution in [0.5, 0.6) is 0 Å². The van der Waals surface area contributed by atoms with Gasteiger partial charge in [-0.25, -0.2) is 0 Å². The second kappa shape index (κ2) is 4.40. The average Bonchev–Trinajstić information content (AvgIpc) is 3.20. The molecule has 0 spiro atoms. The molecule has 0 radical (unpaired) electrons. The van der Waals surface area contributed by atoms with Crippen molar-refractivity contribution >= 4 is 11.3 Å². The summed E-state index contributed by atoms with van der Waals surface area (Å²) in [5.41, 5.74) is 0.629. The Morgan fingerprint density at radius 3 is 2.65 bits per heavy atom. The second-order valence-corrected chi connectivity index (χ2v) is 7.21. The monoisotopic (exact) mass is 249 g/mol. The molecule has 2 aliphatic carbocycles. The van der Waals surface area contributed by atoms with E-state index in [1.807, 2.05) is 11.3 Å². The lowest BCUT2D eigenvalue weighted by molar-refractivity contribution is 0.313. The molecule has 1 unspecified atom stereocenters. The molecule has 3 rings (SSSR count). The minimum absolute atomic E-state index is 0.629. The van der Waals surface area contributed by atoms with Gasteiger partial charge in [0.1, 0.15) is 0 Å². The molecule has 1 aromatic rings. The standard InChI is InChI=1S/C15H23NS/c1-11(2)15(7-8-15)10-16-14(12-5-6-12)13-4-3-9-17-13/h3-4,9,11-12,14,16H,5-8,10H2,1-2H3. The Labute approximate surface area is 109 Å². The normalized spacial score (nSPS) is 23.9. The summed E-state index contributed by atoms with van der Waals surface area (Å²) in [7, 11) is 0. The van der Waals surface area contributed by atoms with Gasteiger partial charge >= 0.3 is 0 Å². The third kappa shape index (κ3) is 2.43.